The number of imidazole rings is 1. The lowest BCUT2D eigenvalue weighted by Crippen LogP contribution is -2.58. The fourth-order valence-corrected chi connectivity index (χ4v) is 5.96. The third-order valence-electron chi connectivity index (χ3n) is 7.45. The van der Waals surface area contributed by atoms with Gasteiger partial charge in [-0.2, -0.15) is 0 Å². The standard InChI is InChI=1S/C24H33N3O2/c1-26-14-13-25-23(26)24(28)19-8-6-9-20(24)17-27(16-19)15-18-7-2-5-12-22(18)29-21-10-3-4-11-21/h2,5,7,12-14,19-21,28H,3-4,6,8-11,15-17H2,1H3/t19-,20-/m0/s1. The van der Waals surface area contributed by atoms with Crippen molar-refractivity contribution < 1.29 is 9.84 Å². The summed E-state index contributed by atoms with van der Waals surface area (Å²) in [5.41, 5.74) is 0.479. The number of para-hydroxylation sites is 1. The van der Waals surface area contributed by atoms with E-state index in [0.717, 1.165) is 44.0 Å². The van der Waals surface area contributed by atoms with Gasteiger partial charge in [-0.1, -0.05) is 24.6 Å². The highest BCUT2D eigenvalue weighted by atomic mass is 16.5. The number of nitrogens with zero attached hydrogens (tertiary/aromatic N) is 3. The molecule has 5 nitrogen and oxygen atoms in total. The van der Waals surface area contributed by atoms with Gasteiger partial charge in [0.1, 0.15) is 17.2 Å². The van der Waals surface area contributed by atoms with Crippen molar-refractivity contribution in [1.82, 2.24) is 14.5 Å². The van der Waals surface area contributed by atoms with Gasteiger partial charge < -0.3 is 14.4 Å². The molecule has 2 heterocycles. The van der Waals surface area contributed by atoms with E-state index in [4.69, 9.17) is 4.74 Å². The molecule has 0 radical (unpaired) electrons. The van der Waals surface area contributed by atoms with Crippen molar-refractivity contribution in [3.05, 3.63) is 48.0 Å². The van der Waals surface area contributed by atoms with Gasteiger partial charge >= 0.3 is 0 Å². The van der Waals surface area contributed by atoms with E-state index in [0.29, 0.717) is 6.10 Å². The van der Waals surface area contributed by atoms with Gasteiger partial charge in [0.05, 0.1) is 6.10 Å². The maximum Gasteiger partial charge on any atom is 0.141 e. The van der Waals surface area contributed by atoms with Crippen molar-refractivity contribution in [2.75, 3.05) is 13.1 Å². The number of likely N-dealkylation sites (tertiary alicyclic amines) is 1. The number of aliphatic hydroxyl groups is 1. The van der Waals surface area contributed by atoms with E-state index >= 15 is 0 Å². The predicted molar refractivity (Wildman–Crippen MR) is 113 cm³/mol. The molecule has 0 unspecified atom stereocenters. The minimum Gasteiger partial charge on any atom is -0.490 e. The smallest absolute Gasteiger partial charge is 0.141 e. The van der Waals surface area contributed by atoms with E-state index in [1.54, 1.807) is 0 Å². The van der Waals surface area contributed by atoms with E-state index in [-0.39, 0.29) is 11.8 Å². The number of ether oxygens (including phenoxy) is 1. The zero-order chi connectivity index (χ0) is 19.8. The molecule has 1 aromatic heterocycles. The summed E-state index contributed by atoms with van der Waals surface area (Å²) in [5.74, 6) is 2.37. The zero-order valence-electron chi connectivity index (χ0n) is 17.5. The molecule has 2 aromatic rings. The van der Waals surface area contributed by atoms with Crippen LogP contribution in [0.5, 0.6) is 5.75 Å². The molecule has 2 bridgehead atoms. The SMILES string of the molecule is Cn1ccnc1C1(O)[C@H]2CCC[C@H]1CN(Cc1ccccc1OC1CCCC1)C2. The first-order valence-electron chi connectivity index (χ1n) is 11.3. The van der Waals surface area contributed by atoms with Gasteiger partial charge in [0.25, 0.3) is 0 Å². The van der Waals surface area contributed by atoms with Crippen LogP contribution in [0.4, 0.5) is 0 Å². The molecule has 5 rings (SSSR count). The second-order valence-electron chi connectivity index (χ2n) is 9.34. The van der Waals surface area contributed by atoms with Crippen LogP contribution in [0, 0.1) is 11.8 Å². The summed E-state index contributed by atoms with van der Waals surface area (Å²) in [4.78, 5) is 7.08. The van der Waals surface area contributed by atoms with Crippen molar-refractivity contribution in [3.8, 4) is 5.75 Å². The Balaban J connectivity index is 1.34. The number of benzene rings is 1. The van der Waals surface area contributed by atoms with Gasteiger partial charge in [-0.15, -0.1) is 0 Å². The van der Waals surface area contributed by atoms with Crippen LogP contribution in [0.15, 0.2) is 36.7 Å². The molecule has 0 spiro atoms. The number of aryl methyl sites for hydroxylation is 1. The molecule has 2 atom stereocenters. The van der Waals surface area contributed by atoms with Gasteiger partial charge in [0.15, 0.2) is 0 Å². The maximum atomic E-state index is 11.8. The number of hydrogen-bond acceptors (Lipinski definition) is 4. The predicted octanol–water partition coefficient (Wildman–Crippen LogP) is 3.86. The minimum atomic E-state index is -0.799. The van der Waals surface area contributed by atoms with Crippen LogP contribution >= 0.6 is 0 Å². The van der Waals surface area contributed by atoms with Crippen molar-refractivity contribution in [3.63, 3.8) is 0 Å². The van der Waals surface area contributed by atoms with Gasteiger partial charge in [-0.3, -0.25) is 4.90 Å². The Morgan fingerprint density at radius 2 is 1.79 bits per heavy atom. The molecule has 0 amide bonds. The van der Waals surface area contributed by atoms with E-state index < -0.39 is 5.60 Å². The Labute approximate surface area is 173 Å². The number of rotatable bonds is 5. The van der Waals surface area contributed by atoms with Crippen molar-refractivity contribution in [1.29, 1.82) is 0 Å². The normalized spacial score (nSPS) is 30.6. The molecule has 3 aliphatic rings. The molecule has 1 N–H and O–H groups in total. The third kappa shape index (κ3) is 3.49. The lowest BCUT2D eigenvalue weighted by molar-refractivity contribution is -0.155. The minimum absolute atomic E-state index is 0.235. The van der Waals surface area contributed by atoms with Gasteiger partial charge in [0, 0.05) is 56.5 Å². The Bertz CT molecular complexity index is 828. The first kappa shape index (κ1) is 19.1. The summed E-state index contributed by atoms with van der Waals surface area (Å²) in [6.07, 6.45) is 12.4. The zero-order valence-corrected chi connectivity index (χ0v) is 17.5. The average molecular weight is 396 g/mol. The van der Waals surface area contributed by atoms with Crippen molar-refractivity contribution in [2.45, 2.75) is 63.2 Å². The molecule has 156 valence electrons. The van der Waals surface area contributed by atoms with E-state index in [1.165, 1.54) is 37.7 Å². The van der Waals surface area contributed by atoms with Crippen LogP contribution < -0.4 is 4.74 Å². The van der Waals surface area contributed by atoms with Gasteiger partial charge in [0.2, 0.25) is 0 Å². The van der Waals surface area contributed by atoms with Crippen LogP contribution in [-0.2, 0) is 19.2 Å². The first-order valence-corrected chi connectivity index (χ1v) is 11.3. The Hall–Kier alpha value is -1.85. The number of fused-ring (bicyclic) bond motifs is 2. The lowest BCUT2D eigenvalue weighted by atomic mass is 9.65. The molecule has 2 saturated carbocycles. The van der Waals surface area contributed by atoms with E-state index in [1.807, 2.05) is 24.0 Å². The maximum absolute atomic E-state index is 11.8. The highest BCUT2D eigenvalue weighted by Gasteiger charge is 2.53. The first-order chi connectivity index (χ1) is 14.1. The number of hydrogen-bond donors (Lipinski definition) is 1. The number of aromatic nitrogens is 2. The largest absolute Gasteiger partial charge is 0.490 e. The molecule has 1 aliphatic heterocycles. The van der Waals surface area contributed by atoms with Crippen molar-refractivity contribution in [2.24, 2.45) is 18.9 Å². The second kappa shape index (κ2) is 7.77. The fraction of sp³-hybridized carbons (Fsp3) is 0.625. The highest BCUT2D eigenvalue weighted by molar-refractivity contribution is 5.33. The van der Waals surface area contributed by atoms with E-state index in [9.17, 15) is 5.11 Å². The average Bonchev–Trinajstić information content (AvgIpc) is 3.36. The Morgan fingerprint density at radius 3 is 2.48 bits per heavy atom. The summed E-state index contributed by atoms with van der Waals surface area (Å²) < 4.78 is 8.37. The summed E-state index contributed by atoms with van der Waals surface area (Å²) >= 11 is 0. The van der Waals surface area contributed by atoms with E-state index in [2.05, 4.69) is 34.1 Å². The summed E-state index contributed by atoms with van der Waals surface area (Å²) in [5, 5.41) is 11.8. The molecule has 2 aliphatic carbocycles. The second-order valence-corrected chi connectivity index (χ2v) is 9.34. The molecular weight excluding hydrogens is 362 g/mol. The molecule has 5 heteroatoms. The highest BCUT2D eigenvalue weighted by Crippen LogP contribution is 2.48. The lowest BCUT2D eigenvalue weighted by Gasteiger charge is -2.52. The quantitative estimate of drug-likeness (QED) is 0.835. The van der Waals surface area contributed by atoms with Gasteiger partial charge in [-0.25, -0.2) is 4.98 Å². The fourth-order valence-electron chi connectivity index (χ4n) is 5.96. The summed E-state index contributed by atoms with van der Waals surface area (Å²) in [6.45, 7) is 2.72. The van der Waals surface area contributed by atoms with Crippen LogP contribution in [0.2, 0.25) is 0 Å². The third-order valence-corrected chi connectivity index (χ3v) is 7.45. The Morgan fingerprint density at radius 1 is 1.07 bits per heavy atom. The number of piperidine rings is 1. The van der Waals surface area contributed by atoms with Crippen LogP contribution in [-0.4, -0.2) is 38.8 Å². The summed E-state index contributed by atoms with van der Waals surface area (Å²) in [6, 6.07) is 8.53. The molecule has 1 aromatic carbocycles. The molecule has 1 saturated heterocycles. The van der Waals surface area contributed by atoms with Crippen molar-refractivity contribution >= 4 is 0 Å². The van der Waals surface area contributed by atoms with Crippen LogP contribution in [0.25, 0.3) is 0 Å². The van der Waals surface area contributed by atoms with Crippen LogP contribution in [0.1, 0.15) is 56.3 Å². The monoisotopic (exact) mass is 395 g/mol. The molecule has 29 heavy (non-hydrogen) atoms. The molecular formula is C24H33N3O2. The van der Waals surface area contributed by atoms with Gasteiger partial charge in [-0.05, 0) is 44.6 Å². The van der Waals surface area contributed by atoms with Crippen LogP contribution in [0.3, 0.4) is 0 Å². The topological polar surface area (TPSA) is 50.5 Å². The Kier molecular flexibility index (Phi) is 5.12. The summed E-state index contributed by atoms with van der Waals surface area (Å²) in [7, 11) is 2.00. The molecule has 3 fully saturated rings.